The first-order valence-electron chi connectivity index (χ1n) is 6.41. The molecular weight excluding hydrogens is 240 g/mol. The molecule has 0 aliphatic heterocycles. The van der Waals surface area contributed by atoms with Gasteiger partial charge in [-0.25, -0.2) is 4.98 Å². The lowest BCUT2D eigenvalue weighted by molar-refractivity contribution is 0.649. The first-order valence-corrected chi connectivity index (χ1v) is 6.41. The van der Waals surface area contributed by atoms with Crippen LogP contribution >= 0.6 is 0 Å². The smallest absolute Gasteiger partial charge is 0.293 e. The summed E-state index contributed by atoms with van der Waals surface area (Å²) in [4.78, 5) is 20.2. The molecule has 0 spiro atoms. The molecule has 5 heteroatoms. The Morgan fingerprint density at radius 3 is 2.95 bits per heavy atom. The van der Waals surface area contributed by atoms with Gasteiger partial charge in [0.2, 0.25) is 0 Å². The van der Waals surface area contributed by atoms with Crippen molar-refractivity contribution in [2.75, 3.05) is 5.32 Å². The molecule has 0 aromatic carbocycles. The highest BCUT2D eigenvalue weighted by molar-refractivity contribution is 5.34. The number of nitrogens with one attached hydrogen (secondary N) is 1. The summed E-state index contributed by atoms with van der Waals surface area (Å²) in [5.41, 5.74) is 2.14. The van der Waals surface area contributed by atoms with Crippen molar-refractivity contribution in [3.8, 4) is 0 Å². The van der Waals surface area contributed by atoms with Crippen molar-refractivity contribution in [2.45, 2.75) is 33.4 Å². The Morgan fingerprint density at radius 1 is 1.37 bits per heavy atom. The standard InChI is InChI=1S/C14H18N4O/c1-3-7-18-8-6-16-13(14(18)19)17-10-12-4-5-15-9-11(12)2/h4-6,8-9H,3,7,10H2,1-2H3,(H,16,17). The number of hydrogen-bond acceptors (Lipinski definition) is 4. The fourth-order valence-corrected chi connectivity index (χ4v) is 1.87. The van der Waals surface area contributed by atoms with E-state index in [0.717, 1.165) is 17.5 Å². The summed E-state index contributed by atoms with van der Waals surface area (Å²) in [5.74, 6) is 0.396. The molecule has 0 saturated heterocycles. The van der Waals surface area contributed by atoms with Crippen LogP contribution in [0.2, 0.25) is 0 Å². The lowest BCUT2D eigenvalue weighted by Crippen LogP contribution is -2.24. The molecule has 0 atom stereocenters. The Morgan fingerprint density at radius 2 is 2.21 bits per heavy atom. The molecule has 100 valence electrons. The molecule has 2 rings (SSSR count). The monoisotopic (exact) mass is 258 g/mol. The van der Waals surface area contributed by atoms with Crippen LogP contribution in [0, 0.1) is 6.92 Å². The number of aromatic nitrogens is 3. The predicted octanol–water partition coefficient (Wildman–Crippen LogP) is 1.97. The normalized spacial score (nSPS) is 10.4. The first kappa shape index (κ1) is 13.3. The number of hydrogen-bond donors (Lipinski definition) is 1. The molecule has 0 radical (unpaired) electrons. The van der Waals surface area contributed by atoms with Gasteiger partial charge in [0.1, 0.15) is 0 Å². The van der Waals surface area contributed by atoms with Gasteiger partial charge >= 0.3 is 0 Å². The van der Waals surface area contributed by atoms with Crippen LogP contribution in [0.5, 0.6) is 0 Å². The summed E-state index contributed by atoms with van der Waals surface area (Å²) >= 11 is 0. The first-order chi connectivity index (χ1) is 9.22. The zero-order valence-electron chi connectivity index (χ0n) is 11.3. The maximum absolute atomic E-state index is 12.1. The van der Waals surface area contributed by atoms with E-state index in [1.807, 2.05) is 26.1 Å². The number of anilines is 1. The molecule has 2 aromatic heterocycles. The largest absolute Gasteiger partial charge is 0.361 e. The SMILES string of the molecule is CCCn1ccnc(NCc2ccncc2C)c1=O. The zero-order valence-corrected chi connectivity index (χ0v) is 11.3. The molecule has 0 amide bonds. The predicted molar refractivity (Wildman–Crippen MR) is 75.1 cm³/mol. The Bertz CT molecular complexity index is 606. The number of pyridine rings is 1. The van der Waals surface area contributed by atoms with E-state index < -0.39 is 0 Å². The average molecular weight is 258 g/mol. The highest BCUT2D eigenvalue weighted by atomic mass is 16.1. The molecule has 0 bridgehead atoms. The Hall–Kier alpha value is -2.17. The third kappa shape index (κ3) is 3.19. The van der Waals surface area contributed by atoms with Crippen LogP contribution in [0.1, 0.15) is 24.5 Å². The van der Waals surface area contributed by atoms with E-state index in [1.54, 1.807) is 23.2 Å². The van der Waals surface area contributed by atoms with Crippen molar-refractivity contribution in [1.29, 1.82) is 0 Å². The fourth-order valence-electron chi connectivity index (χ4n) is 1.87. The van der Waals surface area contributed by atoms with Crippen LogP contribution in [0.3, 0.4) is 0 Å². The third-order valence-corrected chi connectivity index (χ3v) is 2.96. The van der Waals surface area contributed by atoms with Gasteiger partial charge in [0, 0.05) is 37.9 Å². The minimum atomic E-state index is -0.0731. The van der Waals surface area contributed by atoms with Crippen LogP contribution < -0.4 is 10.9 Å². The second kappa shape index (κ2) is 6.13. The van der Waals surface area contributed by atoms with Crippen LogP contribution in [-0.2, 0) is 13.1 Å². The lowest BCUT2D eigenvalue weighted by atomic mass is 10.1. The molecule has 2 heterocycles. The second-order valence-electron chi connectivity index (χ2n) is 4.43. The summed E-state index contributed by atoms with van der Waals surface area (Å²) in [5, 5.41) is 3.10. The van der Waals surface area contributed by atoms with Gasteiger partial charge in [-0.05, 0) is 30.5 Å². The van der Waals surface area contributed by atoms with E-state index in [0.29, 0.717) is 18.9 Å². The highest BCUT2D eigenvalue weighted by Crippen LogP contribution is 2.06. The van der Waals surface area contributed by atoms with E-state index >= 15 is 0 Å². The summed E-state index contributed by atoms with van der Waals surface area (Å²) in [6, 6.07) is 1.94. The van der Waals surface area contributed by atoms with Crippen LogP contribution in [0.15, 0.2) is 35.6 Å². The Kier molecular flexibility index (Phi) is 4.28. The molecule has 1 N–H and O–H groups in total. The molecule has 0 fully saturated rings. The number of rotatable bonds is 5. The van der Waals surface area contributed by atoms with Gasteiger partial charge in [0.15, 0.2) is 5.82 Å². The zero-order chi connectivity index (χ0) is 13.7. The fraction of sp³-hybridized carbons (Fsp3) is 0.357. The van der Waals surface area contributed by atoms with Crippen LogP contribution in [-0.4, -0.2) is 14.5 Å². The van der Waals surface area contributed by atoms with Gasteiger partial charge in [-0.2, -0.15) is 0 Å². The third-order valence-electron chi connectivity index (χ3n) is 2.96. The molecular formula is C14H18N4O. The quantitative estimate of drug-likeness (QED) is 0.890. The minimum Gasteiger partial charge on any atom is -0.361 e. The van der Waals surface area contributed by atoms with Gasteiger partial charge in [0.25, 0.3) is 5.56 Å². The van der Waals surface area contributed by atoms with Gasteiger partial charge < -0.3 is 9.88 Å². The summed E-state index contributed by atoms with van der Waals surface area (Å²) in [6.45, 7) is 5.33. The van der Waals surface area contributed by atoms with Gasteiger partial charge in [-0.15, -0.1) is 0 Å². The molecule has 2 aromatic rings. The Labute approximate surface area is 112 Å². The van der Waals surface area contributed by atoms with Crippen molar-refractivity contribution in [3.63, 3.8) is 0 Å². The van der Waals surface area contributed by atoms with Crippen LogP contribution in [0.25, 0.3) is 0 Å². The van der Waals surface area contributed by atoms with Crippen molar-refractivity contribution >= 4 is 5.82 Å². The van der Waals surface area contributed by atoms with Crippen molar-refractivity contribution < 1.29 is 0 Å². The van der Waals surface area contributed by atoms with Gasteiger partial charge in [0.05, 0.1) is 0 Å². The van der Waals surface area contributed by atoms with E-state index in [9.17, 15) is 4.79 Å². The molecule has 0 unspecified atom stereocenters. The second-order valence-corrected chi connectivity index (χ2v) is 4.43. The molecule has 0 aliphatic carbocycles. The molecule has 0 aliphatic rings. The van der Waals surface area contributed by atoms with Crippen LogP contribution in [0.4, 0.5) is 5.82 Å². The summed E-state index contributed by atoms with van der Waals surface area (Å²) in [6.07, 6.45) is 7.85. The van der Waals surface area contributed by atoms with E-state index in [1.165, 1.54) is 0 Å². The number of nitrogens with zero attached hydrogens (tertiary/aromatic N) is 3. The van der Waals surface area contributed by atoms with E-state index in [4.69, 9.17) is 0 Å². The summed E-state index contributed by atoms with van der Waals surface area (Å²) < 4.78 is 1.68. The molecule has 5 nitrogen and oxygen atoms in total. The lowest BCUT2D eigenvalue weighted by Gasteiger charge is -2.09. The van der Waals surface area contributed by atoms with E-state index in [-0.39, 0.29) is 5.56 Å². The minimum absolute atomic E-state index is 0.0731. The van der Waals surface area contributed by atoms with Crippen molar-refractivity contribution in [2.24, 2.45) is 0 Å². The van der Waals surface area contributed by atoms with Crippen molar-refractivity contribution in [3.05, 3.63) is 52.3 Å². The molecule has 0 saturated carbocycles. The average Bonchev–Trinajstić information content (AvgIpc) is 2.42. The number of aryl methyl sites for hydroxylation is 2. The Balaban J connectivity index is 2.14. The topological polar surface area (TPSA) is 59.8 Å². The van der Waals surface area contributed by atoms with E-state index in [2.05, 4.69) is 15.3 Å². The van der Waals surface area contributed by atoms with Crippen molar-refractivity contribution in [1.82, 2.24) is 14.5 Å². The molecule has 19 heavy (non-hydrogen) atoms. The van der Waals surface area contributed by atoms with Gasteiger partial charge in [-0.1, -0.05) is 6.92 Å². The van der Waals surface area contributed by atoms with Gasteiger partial charge in [-0.3, -0.25) is 9.78 Å². The maximum atomic E-state index is 12.1. The maximum Gasteiger partial charge on any atom is 0.293 e. The summed E-state index contributed by atoms with van der Waals surface area (Å²) in [7, 11) is 0. The highest BCUT2D eigenvalue weighted by Gasteiger charge is 2.04.